The van der Waals surface area contributed by atoms with Gasteiger partial charge in [0.2, 0.25) is 0 Å². The van der Waals surface area contributed by atoms with Crippen LogP contribution in [0.5, 0.6) is 0 Å². The minimum atomic E-state index is -0.725. The summed E-state index contributed by atoms with van der Waals surface area (Å²) in [4.78, 5) is 12.7. The quantitative estimate of drug-likeness (QED) is 0.786. The number of rotatable bonds is 5. The van der Waals surface area contributed by atoms with Gasteiger partial charge in [-0.15, -0.1) is 0 Å². The zero-order valence-corrected chi connectivity index (χ0v) is 17.1. The monoisotopic (exact) mass is 417 g/mol. The van der Waals surface area contributed by atoms with Crippen LogP contribution in [0.4, 0.5) is 4.39 Å². The molecule has 1 atom stereocenters. The number of amides is 1. The third-order valence-electron chi connectivity index (χ3n) is 5.18. The fraction of sp³-hybridized carbons (Fsp3) is 0.348. The molecule has 1 aliphatic rings. The highest BCUT2D eigenvalue weighted by molar-refractivity contribution is 6.30. The van der Waals surface area contributed by atoms with E-state index in [1.165, 1.54) is 12.1 Å². The van der Waals surface area contributed by atoms with Gasteiger partial charge >= 0.3 is 0 Å². The molecular weight excluding hydrogens is 393 g/mol. The van der Waals surface area contributed by atoms with Gasteiger partial charge in [0, 0.05) is 18.8 Å². The van der Waals surface area contributed by atoms with E-state index in [2.05, 4.69) is 11.4 Å². The molecule has 1 aliphatic heterocycles. The van der Waals surface area contributed by atoms with Crippen molar-refractivity contribution in [1.82, 2.24) is 5.32 Å². The van der Waals surface area contributed by atoms with Gasteiger partial charge in [0.25, 0.3) is 5.91 Å². The van der Waals surface area contributed by atoms with Gasteiger partial charge < -0.3 is 15.2 Å². The number of halogens is 2. The number of nitrogens with one attached hydrogen (secondary N) is 1. The molecule has 1 heterocycles. The Morgan fingerprint density at radius 2 is 2.03 bits per heavy atom. The van der Waals surface area contributed by atoms with Crippen LogP contribution in [0.25, 0.3) is 12.2 Å². The molecule has 3 rings (SSSR count). The van der Waals surface area contributed by atoms with Gasteiger partial charge in [-0.1, -0.05) is 35.9 Å². The van der Waals surface area contributed by atoms with Crippen molar-refractivity contribution in [2.24, 2.45) is 5.92 Å². The second-order valence-electron chi connectivity index (χ2n) is 7.13. The fourth-order valence-corrected chi connectivity index (χ4v) is 3.58. The second kappa shape index (κ2) is 10.0. The number of aliphatic hydroxyl groups is 1. The summed E-state index contributed by atoms with van der Waals surface area (Å²) >= 11 is 5.71. The summed E-state index contributed by atoms with van der Waals surface area (Å²) < 4.78 is 19.1. The molecule has 2 aromatic carbocycles. The minimum absolute atomic E-state index is 0.00346. The van der Waals surface area contributed by atoms with E-state index in [0.717, 1.165) is 36.5 Å². The fourth-order valence-electron chi connectivity index (χ4n) is 3.46. The topological polar surface area (TPSA) is 58.6 Å². The molecule has 0 unspecified atom stereocenters. The molecule has 1 saturated heterocycles. The van der Waals surface area contributed by atoms with Crippen molar-refractivity contribution in [3.8, 4) is 0 Å². The lowest BCUT2D eigenvalue weighted by molar-refractivity contribution is 0.0819. The van der Waals surface area contributed by atoms with Crippen LogP contribution in [0.1, 0.15) is 41.7 Å². The first-order chi connectivity index (χ1) is 14.0. The Bertz CT molecular complexity index is 986. The SMILES string of the molecule is C/C=c1/cc(C(=O)N[C@H](CO)c2ccc(Cl)c(F)c2)ccc1=CC1CCOCC1. The maximum Gasteiger partial charge on any atom is 0.251 e. The smallest absolute Gasteiger partial charge is 0.251 e. The van der Waals surface area contributed by atoms with E-state index in [4.69, 9.17) is 16.3 Å². The largest absolute Gasteiger partial charge is 0.394 e. The molecule has 0 bridgehead atoms. The van der Waals surface area contributed by atoms with E-state index < -0.39 is 11.9 Å². The van der Waals surface area contributed by atoms with Crippen LogP contribution in [0.3, 0.4) is 0 Å². The number of benzene rings is 2. The highest BCUT2D eigenvalue weighted by Gasteiger charge is 2.17. The first-order valence-corrected chi connectivity index (χ1v) is 10.1. The maximum absolute atomic E-state index is 13.7. The third-order valence-corrected chi connectivity index (χ3v) is 5.48. The van der Waals surface area contributed by atoms with Gasteiger partial charge in [0.1, 0.15) is 5.82 Å². The molecule has 0 aromatic heterocycles. The van der Waals surface area contributed by atoms with Crippen molar-refractivity contribution in [2.75, 3.05) is 19.8 Å². The van der Waals surface area contributed by atoms with Gasteiger partial charge in [-0.25, -0.2) is 4.39 Å². The molecule has 1 fully saturated rings. The Morgan fingerprint density at radius 1 is 1.28 bits per heavy atom. The molecule has 2 aromatic rings. The summed E-state index contributed by atoms with van der Waals surface area (Å²) in [7, 11) is 0. The average molecular weight is 418 g/mol. The number of hydrogen-bond acceptors (Lipinski definition) is 3. The van der Waals surface area contributed by atoms with Crippen molar-refractivity contribution >= 4 is 29.7 Å². The summed E-state index contributed by atoms with van der Waals surface area (Å²) in [6.45, 7) is 3.14. The molecular formula is C23H25ClFNO3. The Hall–Kier alpha value is -2.21. The van der Waals surface area contributed by atoms with Gasteiger partial charge in [-0.2, -0.15) is 0 Å². The van der Waals surface area contributed by atoms with Gasteiger partial charge in [0.05, 0.1) is 17.7 Å². The normalized spacial score (nSPS) is 17.4. The minimum Gasteiger partial charge on any atom is -0.394 e. The van der Waals surface area contributed by atoms with Crippen LogP contribution in [0.2, 0.25) is 5.02 Å². The summed E-state index contributed by atoms with van der Waals surface area (Å²) in [5, 5.41) is 14.5. The summed E-state index contributed by atoms with van der Waals surface area (Å²) in [6, 6.07) is 9.03. The van der Waals surface area contributed by atoms with Crippen molar-refractivity contribution in [3.05, 3.63) is 68.8 Å². The van der Waals surface area contributed by atoms with E-state index >= 15 is 0 Å². The molecule has 6 heteroatoms. The van der Waals surface area contributed by atoms with Crippen molar-refractivity contribution in [3.63, 3.8) is 0 Å². The lowest BCUT2D eigenvalue weighted by atomic mass is 9.97. The Labute approximate surface area is 174 Å². The number of carbonyl (C=O) groups is 1. The standard InChI is InChI=1S/C23H25ClFNO3/c1-2-16-12-19(4-3-17(16)11-15-7-9-29-10-8-15)23(28)26-22(14-27)18-5-6-20(24)21(25)13-18/h2-6,11-13,15,22,27H,7-10,14H2,1H3,(H,26,28)/b16-2-,17-11?/t22-/m1/s1. The molecule has 29 heavy (non-hydrogen) atoms. The van der Waals surface area contributed by atoms with Crippen LogP contribution in [0.15, 0.2) is 36.4 Å². The maximum atomic E-state index is 13.7. The Morgan fingerprint density at radius 3 is 2.69 bits per heavy atom. The first-order valence-electron chi connectivity index (χ1n) is 9.74. The van der Waals surface area contributed by atoms with Crippen LogP contribution >= 0.6 is 11.6 Å². The zero-order valence-electron chi connectivity index (χ0n) is 16.3. The molecule has 154 valence electrons. The van der Waals surface area contributed by atoms with Crippen LogP contribution in [-0.4, -0.2) is 30.8 Å². The summed E-state index contributed by atoms with van der Waals surface area (Å²) in [5.74, 6) is -0.450. The molecule has 0 spiro atoms. The molecule has 1 amide bonds. The highest BCUT2D eigenvalue weighted by atomic mass is 35.5. The summed E-state index contributed by atoms with van der Waals surface area (Å²) in [6.07, 6.45) is 6.22. The second-order valence-corrected chi connectivity index (χ2v) is 7.54. The van der Waals surface area contributed by atoms with Crippen molar-refractivity contribution in [2.45, 2.75) is 25.8 Å². The predicted molar refractivity (Wildman–Crippen MR) is 113 cm³/mol. The van der Waals surface area contributed by atoms with E-state index in [1.807, 2.05) is 25.1 Å². The average Bonchev–Trinajstić information content (AvgIpc) is 2.75. The lowest BCUT2D eigenvalue weighted by Gasteiger charge is -2.19. The molecule has 0 aliphatic carbocycles. The molecule has 4 nitrogen and oxygen atoms in total. The van der Waals surface area contributed by atoms with Crippen molar-refractivity contribution in [1.29, 1.82) is 0 Å². The van der Waals surface area contributed by atoms with Gasteiger partial charge in [-0.3, -0.25) is 4.79 Å². The van der Waals surface area contributed by atoms with E-state index in [9.17, 15) is 14.3 Å². The Balaban J connectivity index is 1.81. The zero-order chi connectivity index (χ0) is 20.8. The highest BCUT2D eigenvalue weighted by Crippen LogP contribution is 2.20. The number of carbonyl (C=O) groups excluding carboxylic acids is 1. The third kappa shape index (κ3) is 5.44. The molecule has 0 saturated carbocycles. The van der Waals surface area contributed by atoms with Crippen LogP contribution < -0.4 is 15.8 Å². The lowest BCUT2D eigenvalue weighted by Crippen LogP contribution is -2.33. The number of ether oxygens (including phenoxy) is 1. The van der Waals surface area contributed by atoms with Crippen molar-refractivity contribution < 1.29 is 19.0 Å². The number of hydrogen-bond donors (Lipinski definition) is 2. The van der Waals surface area contributed by atoms with Crippen LogP contribution in [-0.2, 0) is 4.74 Å². The molecule has 2 N–H and O–H groups in total. The number of aliphatic hydroxyl groups excluding tert-OH is 1. The van der Waals surface area contributed by atoms with Gasteiger partial charge in [0.15, 0.2) is 0 Å². The summed E-state index contributed by atoms with van der Waals surface area (Å²) in [5.41, 5.74) is 0.935. The van der Waals surface area contributed by atoms with E-state index in [0.29, 0.717) is 17.0 Å². The predicted octanol–water partition coefficient (Wildman–Crippen LogP) is 2.95. The molecule has 0 radical (unpaired) electrons. The Kier molecular flexibility index (Phi) is 7.42. The van der Waals surface area contributed by atoms with E-state index in [1.54, 1.807) is 12.1 Å². The van der Waals surface area contributed by atoms with Gasteiger partial charge in [-0.05, 0) is 65.9 Å². The van der Waals surface area contributed by atoms with E-state index in [-0.39, 0.29) is 17.5 Å². The van der Waals surface area contributed by atoms with Crippen LogP contribution in [0, 0.1) is 11.7 Å². The first kappa shape index (κ1) is 21.5.